The number of amides is 1. The van der Waals surface area contributed by atoms with E-state index in [0.29, 0.717) is 59.1 Å². The van der Waals surface area contributed by atoms with Crippen LogP contribution in [0, 0.1) is 5.92 Å². The molecule has 1 fully saturated rings. The summed E-state index contributed by atoms with van der Waals surface area (Å²) < 4.78 is 7.10. The number of halogens is 2. The monoisotopic (exact) mass is 560 g/mol. The SMILES string of the molecule is CCOC(=O)C1CCN(C(=O)CSc2nnc(-c3ccc(Cl)cc3Cl)n2-c2ccccc2C(C)C)CC1. The molecule has 0 bridgehead atoms. The highest BCUT2D eigenvalue weighted by Crippen LogP contribution is 2.36. The van der Waals surface area contributed by atoms with Crippen LogP contribution in [0.4, 0.5) is 0 Å². The predicted molar refractivity (Wildman–Crippen MR) is 148 cm³/mol. The molecular formula is C27H30Cl2N4O3S. The summed E-state index contributed by atoms with van der Waals surface area (Å²) in [5.74, 6) is 0.742. The molecule has 2 heterocycles. The Morgan fingerprint density at radius 1 is 1.11 bits per heavy atom. The van der Waals surface area contributed by atoms with E-state index < -0.39 is 0 Å². The van der Waals surface area contributed by atoms with Crippen LogP contribution < -0.4 is 0 Å². The smallest absolute Gasteiger partial charge is 0.309 e. The molecule has 196 valence electrons. The van der Waals surface area contributed by atoms with E-state index in [-0.39, 0.29) is 29.5 Å². The molecule has 7 nitrogen and oxygen atoms in total. The summed E-state index contributed by atoms with van der Waals surface area (Å²) in [5.41, 5.74) is 2.77. The van der Waals surface area contributed by atoms with E-state index in [9.17, 15) is 9.59 Å². The number of hydrogen-bond donors (Lipinski definition) is 0. The van der Waals surface area contributed by atoms with E-state index >= 15 is 0 Å². The van der Waals surface area contributed by atoms with Gasteiger partial charge in [0.05, 0.1) is 29.0 Å². The number of piperidine rings is 1. The molecule has 0 unspecified atom stereocenters. The first-order chi connectivity index (χ1) is 17.8. The summed E-state index contributed by atoms with van der Waals surface area (Å²) in [7, 11) is 0. The molecule has 10 heteroatoms. The van der Waals surface area contributed by atoms with Gasteiger partial charge in [-0.15, -0.1) is 10.2 Å². The van der Waals surface area contributed by atoms with Gasteiger partial charge in [-0.1, -0.05) is 67.0 Å². The highest BCUT2D eigenvalue weighted by atomic mass is 35.5. The molecule has 1 aliphatic rings. The maximum atomic E-state index is 13.1. The van der Waals surface area contributed by atoms with Crippen molar-refractivity contribution in [3.8, 4) is 17.1 Å². The number of rotatable bonds is 8. The first kappa shape index (κ1) is 27.5. The molecule has 1 aliphatic heterocycles. The minimum absolute atomic E-state index is 0.00470. The largest absolute Gasteiger partial charge is 0.466 e. The second-order valence-corrected chi connectivity index (χ2v) is 11.0. The van der Waals surface area contributed by atoms with Crippen LogP contribution in [0.15, 0.2) is 47.6 Å². The van der Waals surface area contributed by atoms with Crippen LogP contribution in [0.25, 0.3) is 17.1 Å². The van der Waals surface area contributed by atoms with Crippen LogP contribution in [0.2, 0.25) is 10.0 Å². The molecule has 1 saturated heterocycles. The van der Waals surface area contributed by atoms with E-state index in [4.69, 9.17) is 27.9 Å². The second kappa shape index (κ2) is 12.3. The van der Waals surface area contributed by atoms with Gasteiger partial charge in [-0.25, -0.2) is 0 Å². The van der Waals surface area contributed by atoms with Gasteiger partial charge in [0.15, 0.2) is 11.0 Å². The minimum Gasteiger partial charge on any atom is -0.466 e. The molecule has 0 aliphatic carbocycles. The van der Waals surface area contributed by atoms with Crippen molar-refractivity contribution in [2.24, 2.45) is 5.92 Å². The highest BCUT2D eigenvalue weighted by Gasteiger charge is 2.29. The maximum Gasteiger partial charge on any atom is 0.309 e. The fourth-order valence-corrected chi connectivity index (χ4v) is 5.79. The Kier molecular flexibility index (Phi) is 9.16. The molecule has 2 aromatic carbocycles. The summed E-state index contributed by atoms with van der Waals surface area (Å²) in [6, 6.07) is 13.4. The summed E-state index contributed by atoms with van der Waals surface area (Å²) in [6.07, 6.45) is 1.23. The zero-order valence-corrected chi connectivity index (χ0v) is 23.4. The molecule has 1 amide bonds. The van der Waals surface area contributed by atoms with Crippen LogP contribution in [0.1, 0.15) is 45.1 Å². The van der Waals surface area contributed by atoms with Crippen LogP contribution in [0.5, 0.6) is 0 Å². The third-order valence-electron chi connectivity index (χ3n) is 6.40. The van der Waals surface area contributed by atoms with Gasteiger partial charge in [-0.05, 0) is 55.5 Å². The quantitative estimate of drug-likeness (QED) is 0.239. The summed E-state index contributed by atoms with van der Waals surface area (Å²) >= 11 is 14.0. The molecule has 0 N–H and O–H groups in total. The van der Waals surface area contributed by atoms with Gasteiger partial charge < -0.3 is 9.64 Å². The number of carbonyl (C=O) groups is 2. The summed E-state index contributed by atoms with van der Waals surface area (Å²) in [5, 5.41) is 10.5. The van der Waals surface area contributed by atoms with E-state index in [1.165, 1.54) is 11.8 Å². The predicted octanol–water partition coefficient (Wildman–Crippen LogP) is 6.26. The van der Waals surface area contributed by atoms with Crippen molar-refractivity contribution in [3.05, 3.63) is 58.1 Å². The van der Waals surface area contributed by atoms with E-state index in [1.807, 2.05) is 33.7 Å². The highest BCUT2D eigenvalue weighted by molar-refractivity contribution is 7.99. The number of benzene rings is 2. The first-order valence-electron chi connectivity index (χ1n) is 12.4. The minimum atomic E-state index is -0.172. The van der Waals surface area contributed by atoms with Crippen molar-refractivity contribution >= 4 is 46.8 Å². The number of ether oxygens (including phenoxy) is 1. The normalized spacial score (nSPS) is 14.3. The van der Waals surface area contributed by atoms with Gasteiger partial charge in [0.25, 0.3) is 0 Å². The topological polar surface area (TPSA) is 77.3 Å². The van der Waals surface area contributed by atoms with Crippen molar-refractivity contribution in [2.45, 2.75) is 44.7 Å². The molecule has 0 spiro atoms. The third kappa shape index (κ3) is 6.30. The lowest BCUT2D eigenvalue weighted by atomic mass is 9.97. The van der Waals surface area contributed by atoms with Gasteiger partial charge in [0.2, 0.25) is 5.91 Å². The number of carbonyl (C=O) groups excluding carboxylic acids is 2. The fourth-order valence-electron chi connectivity index (χ4n) is 4.45. The third-order valence-corrected chi connectivity index (χ3v) is 7.86. The molecule has 0 atom stereocenters. The fraction of sp³-hybridized carbons (Fsp3) is 0.407. The second-order valence-electron chi connectivity index (χ2n) is 9.18. The van der Waals surface area contributed by atoms with E-state index in [1.54, 1.807) is 19.1 Å². The van der Waals surface area contributed by atoms with Crippen LogP contribution in [-0.4, -0.2) is 57.0 Å². The molecule has 37 heavy (non-hydrogen) atoms. The van der Waals surface area contributed by atoms with Crippen LogP contribution >= 0.6 is 35.0 Å². The number of aromatic nitrogens is 3. The molecule has 1 aromatic heterocycles. The number of likely N-dealkylation sites (tertiary alicyclic amines) is 1. The lowest BCUT2D eigenvalue weighted by Crippen LogP contribution is -2.41. The van der Waals surface area contributed by atoms with Gasteiger partial charge >= 0.3 is 5.97 Å². The van der Waals surface area contributed by atoms with Crippen molar-refractivity contribution in [3.63, 3.8) is 0 Å². The molecule has 0 saturated carbocycles. The Labute approximate surface area is 231 Å². The van der Waals surface area contributed by atoms with Gasteiger partial charge in [-0.3, -0.25) is 14.2 Å². The lowest BCUT2D eigenvalue weighted by Gasteiger charge is -2.30. The van der Waals surface area contributed by atoms with Crippen LogP contribution in [0.3, 0.4) is 0 Å². The summed E-state index contributed by atoms with van der Waals surface area (Å²) in [6.45, 7) is 7.52. The van der Waals surface area contributed by atoms with Gasteiger partial charge in [-0.2, -0.15) is 0 Å². The van der Waals surface area contributed by atoms with Gasteiger partial charge in [0, 0.05) is 23.7 Å². The van der Waals surface area contributed by atoms with E-state index in [2.05, 4.69) is 30.1 Å². The molecular weight excluding hydrogens is 531 g/mol. The molecule has 0 radical (unpaired) electrons. The van der Waals surface area contributed by atoms with Crippen molar-refractivity contribution in [1.82, 2.24) is 19.7 Å². The number of nitrogens with zero attached hydrogens (tertiary/aromatic N) is 4. The zero-order chi connectivity index (χ0) is 26.5. The van der Waals surface area contributed by atoms with E-state index in [0.717, 1.165) is 11.3 Å². The molecule has 3 aromatic rings. The van der Waals surface area contributed by atoms with Crippen molar-refractivity contribution in [2.75, 3.05) is 25.4 Å². The lowest BCUT2D eigenvalue weighted by molar-refractivity contribution is -0.151. The average molecular weight is 562 g/mol. The summed E-state index contributed by atoms with van der Waals surface area (Å²) in [4.78, 5) is 26.9. The van der Waals surface area contributed by atoms with Crippen LogP contribution in [-0.2, 0) is 14.3 Å². The Hall–Kier alpha value is -2.55. The Bertz CT molecular complexity index is 1270. The Balaban J connectivity index is 1.58. The average Bonchev–Trinajstić information content (AvgIpc) is 3.30. The number of esters is 1. The number of hydrogen-bond acceptors (Lipinski definition) is 6. The zero-order valence-electron chi connectivity index (χ0n) is 21.1. The number of para-hydroxylation sites is 1. The Morgan fingerprint density at radius 3 is 2.51 bits per heavy atom. The van der Waals surface area contributed by atoms with Gasteiger partial charge in [0.1, 0.15) is 0 Å². The molecule has 4 rings (SSSR count). The standard InChI is InChI=1S/C27H30Cl2N4O3S/c1-4-36-26(35)18-11-13-32(14-12-18)24(34)16-37-27-31-30-25(21-10-9-19(28)15-22(21)29)33(27)23-8-6-5-7-20(23)17(2)3/h5-10,15,17-18H,4,11-14,16H2,1-3H3. The van der Waals surface area contributed by atoms with Crippen molar-refractivity contribution in [1.29, 1.82) is 0 Å². The maximum absolute atomic E-state index is 13.1. The number of thioether (sulfide) groups is 1. The Morgan fingerprint density at radius 2 is 1.84 bits per heavy atom. The van der Waals surface area contributed by atoms with Crippen molar-refractivity contribution < 1.29 is 14.3 Å². The first-order valence-corrected chi connectivity index (χ1v) is 14.1.